The van der Waals surface area contributed by atoms with Gasteiger partial charge in [-0.15, -0.1) is 0 Å². The number of hydrogen-bond acceptors (Lipinski definition) is 0. The van der Waals surface area contributed by atoms with Crippen LogP contribution in [0.1, 0.15) is 0 Å². The molecule has 0 rings (SSSR count). The second-order valence-corrected chi connectivity index (χ2v) is 0. The van der Waals surface area contributed by atoms with E-state index in [0.29, 0.717) is 0 Å². The molecule has 5 heteroatoms. The van der Waals surface area contributed by atoms with E-state index in [1.165, 1.54) is 0 Å². The second kappa shape index (κ2) is 26.4. The summed E-state index contributed by atoms with van der Waals surface area (Å²) in [6, 6.07) is 0. The maximum absolute atomic E-state index is 0. The zero-order chi connectivity index (χ0) is 0. The van der Waals surface area contributed by atoms with Crippen LogP contribution in [0.5, 0.6) is 0 Å². The van der Waals surface area contributed by atoms with Crippen LogP contribution < -0.4 is 66.8 Å². The molecule has 0 spiro atoms. The molecule has 0 aliphatic rings. The van der Waals surface area contributed by atoms with Gasteiger partial charge in [0.25, 0.3) is 0 Å². The van der Waals surface area contributed by atoms with Crippen LogP contribution in [0, 0.1) is 0 Å². The molecule has 0 bridgehead atoms. The fourth-order valence-corrected chi connectivity index (χ4v) is 0. The first-order chi connectivity index (χ1) is 0. The maximum atomic E-state index is 0. The minimum absolute atomic E-state index is 0. The van der Waals surface area contributed by atoms with Crippen LogP contribution in [-0.2, 0) is 0 Å². The third-order valence-corrected chi connectivity index (χ3v) is 0. The molecular formula is Cl3NaSr. The van der Waals surface area contributed by atoms with Gasteiger partial charge in [-0.2, -0.15) is 0 Å². The van der Waals surface area contributed by atoms with Gasteiger partial charge in [0.2, 0.25) is 0 Å². The van der Waals surface area contributed by atoms with Crippen molar-refractivity contribution in [2.75, 3.05) is 0 Å². The minimum atomic E-state index is 0. The summed E-state index contributed by atoms with van der Waals surface area (Å²) in [5.74, 6) is 0. The van der Waals surface area contributed by atoms with Crippen molar-refractivity contribution in [2.24, 2.45) is 0 Å². The fraction of sp³-hybridized carbons (Fsp3) is 0. The quantitative estimate of drug-likeness (QED) is 0.353. The molecular weight excluding hydrogens is 217 g/mol. The Kier molecular flexibility index (Phi) is 212. The van der Waals surface area contributed by atoms with E-state index >= 15 is 0 Å². The normalized spacial score (nSPS) is 0. The summed E-state index contributed by atoms with van der Waals surface area (Å²) in [5, 5.41) is 0. The van der Waals surface area contributed by atoms with Crippen molar-refractivity contribution in [2.45, 2.75) is 0 Å². The van der Waals surface area contributed by atoms with E-state index in [-0.39, 0.29) is 112 Å². The van der Waals surface area contributed by atoms with E-state index in [2.05, 4.69) is 0 Å². The summed E-state index contributed by atoms with van der Waals surface area (Å²) in [6.45, 7) is 0. The minimum Gasteiger partial charge on any atom is -1.00 e. The van der Waals surface area contributed by atoms with Gasteiger partial charge in [-0.25, -0.2) is 0 Å². The summed E-state index contributed by atoms with van der Waals surface area (Å²) in [7, 11) is 0. The molecule has 0 unspecified atom stereocenters. The Morgan fingerprint density at radius 3 is 0.600 bits per heavy atom. The molecule has 0 radical (unpaired) electrons. The van der Waals surface area contributed by atoms with Crippen LogP contribution in [0.25, 0.3) is 0 Å². The molecule has 0 saturated heterocycles. The van der Waals surface area contributed by atoms with Crippen molar-refractivity contribution in [3.05, 3.63) is 0 Å². The molecule has 0 aromatic rings. The van der Waals surface area contributed by atoms with Gasteiger partial charge in [0.1, 0.15) is 0 Å². The van der Waals surface area contributed by atoms with Gasteiger partial charge < -0.3 is 37.2 Å². The van der Waals surface area contributed by atoms with Gasteiger partial charge >= 0.3 is 75.0 Å². The molecule has 0 atom stereocenters. The van der Waals surface area contributed by atoms with Crippen molar-refractivity contribution in [1.29, 1.82) is 0 Å². The van der Waals surface area contributed by atoms with Crippen molar-refractivity contribution >= 4 is 45.5 Å². The van der Waals surface area contributed by atoms with Crippen LogP contribution in [0.15, 0.2) is 0 Å². The first-order valence-corrected chi connectivity index (χ1v) is 0. The Morgan fingerprint density at radius 2 is 0.600 bits per heavy atom. The molecule has 0 fully saturated rings. The summed E-state index contributed by atoms with van der Waals surface area (Å²) in [4.78, 5) is 0. The number of halogens is 3. The van der Waals surface area contributed by atoms with E-state index in [9.17, 15) is 0 Å². The first-order valence-electron chi connectivity index (χ1n) is 0. The largest absolute Gasteiger partial charge is 2.00 e. The smallest absolute Gasteiger partial charge is 1.00 e. The van der Waals surface area contributed by atoms with Gasteiger partial charge in [0.15, 0.2) is 0 Å². The average molecular weight is 217 g/mol. The Labute approximate surface area is 110 Å². The summed E-state index contributed by atoms with van der Waals surface area (Å²) in [6.07, 6.45) is 0. The van der Waals surface area contributed by atoms with E-state index in [4.69, 9.17) is 0 Å². The Balaban J connectivity index is 0. The van der Waals surface area contributed by atoms with E-state index in [1.54, 1.807) is 0 Å². The van der Waals surface area contributed by atoms with Gasteiger partial charge in [-0.05, 0) is 0 Å². The number of hydrogen-bond donors (Lipinski definition) is 0. The van der Waals surface area contributed by atoms with Crippen molar-refractivity contribution in [3.8, 4) is 0 Å². The maximum Gasteiger partial charge on any atom is 2.00 e. The summed E-state index contributed by atoms with van der Waals surface area (Å²) >= 11 is 0. The van der Waals surface area contributed by atoms with Crippen LogP contribution in [0.4, 0.5) is 0 Å². The molecule has 0 N–H and O–H groups in total. The molecule has 5 heavy (non-hydrogen) atoms. The fourth-order valence-electron chi connectivity index (χ4n) is 0. The van der Waals surface area contributed by atoms with E-state index in [0.717, 1.165) is 0 Å². The first kappa shape index (κ1) is 40.2. The van der Waals surface area contributed by atoms with Gasteiger partial charge in [-0.1, -0.05) is 0 Å². The predicted octanol–water partition coefficient (Wildman–Crippen LogP) is -12.4. The zero-order valence-electron chi connectivity index (χ0n) is 2.84. The standard InChI is InChI=1S/3ClH.Na.Sr/h3*1H;;/q;;;+1;+2/p-3. The molecule has 0 nitrogen and oxygen atoms in total. The third-order valence-electron chi connectivity index (χ3n) is 0. The van der Waals surface area contributed by atoms with Gasteiger partial charge in [-0.3, -0.25) is 0 Å². The Bertz CT molecular complexity index is 6.85. The number of rotatable bonds is 0. The van der Waals surface area contributed by atoms with Crippen LogP contribution >= 0.6 is 0 Å². The predicted molar refractivity (Wildman–Crippen MR) is 5.75 cm³/mol. The van der Waals surface area contributed by atoms with Crippen LogP contribution in [0.2, 0.25) is 0 Å². The average Bonchev–Trinajstić information content (AvgIpc) is 0. The Morgan fingerprint density at radius 1 is 0.600 bits per heavy atom. The monoisotopic (exact) mass is 216 g/mol. The zero-order valence-corrected chi connectivity index (χ0v) is 10.6. The molecule has 0 aliphatic heterocycles. The second-order valence-electron chi connectivity index (χ2n) is 0. The molecule has 24 valence electrons. The van der Waals surface area contributed by atoms with Crippen molar-refractivity contribution in [3.63, 3.8) is 0 Å². The van der Waals surface area contributed by atoms with Gasteiger partial charge in [0.05, 0.1) is 0 Å². The molecule has 0 aromatic carbocycles. The van der Waals surface area contributed by atoms with Crippen LogP contribution in [0.3, 0.4) is 0 Å². The van der Waals surface area contributed by atoms with Crippen molar-refractivity contribution in [1.82, 2.24) is 0 Å². The topological polar surface area (TPSA) is 0 Å². The third kappa shape index (κ3) is 18.7. The van der Waals surface area contributed by atoms with Crippen LogP contribution in [-0.4, -0.2) is 45.5 Å². The van der Waals surface area contributed by atoms with E-state index in [1.807, 2.05) is 0 Å². The van der Waals surface area contributed by atoms with E-state index < -0.39 is 0 Å². The Hall–Kier alpha value is 3.35. The summed E-state index contributed by atoms with van der Waals surface area (Å²) in [5.41, 5.74) is 0. The SMILES string of the molecule is [Cl-].[Cl-].[Cl-].[Na+].[Sr+2]. The molecule has 0 aliphatic carbocycles. The van der Waals surface area contributed by atoms with Crippen molar-refractivity contribution < 1.29 is 66.8 Å². The molecule has 0 amide bonds. The molecule has 0 heterocycles. The van der Waals surface area contributed by atoms with Gasteiger partial charge in [0, 0.05) is 0 Å². The summed E-state index contributed by atoms with van der Waals surface area (Å²) < 4.78 is 0. The molecule has 0 aromatic heterocycles. The molecule has 0 saturated carbocycles.